The van der Waals surface area contributed by atoms with E-state index in [1.165, 1.54) is 35.2 Å². The van der Waals surface area contributed by atoms with Crippen LogP contribution in [0.5, 0.6) is 0 Å². The van der Waals surface area contributed by atoms with Crippen molar-refractivity contribution in [2.24, 2.45) is 5.92 Å². The van der Waals surface area contributed by atoms with Crippen molar-refractivity contribution in [3.8, 4) is 11.3 Å². The highest BCUT2D eigenvalue weighted by atomic mass is 32.2. The van der Waals surface area contributed by atoms with Gasteiger partial charge in [-0.2, -0.15) is 0 Å². The normalized spacial score (nSPS) is 14.2. The first kappa shape index (κ1) is 17.4. The van der Waals surface area contributed by atoms with Crippen molar-refractivity contribution in [1.82, 2.24) is 9.88 Å². The van der Waals surface area contributed by atoms with Gasteiger partial charge in [0.2, 0.25) is 5.91 Å². The second kappa shape index (κ2) is 7.66. The first-order chi connectivity index (χ1) is 11.5. The average Bonchev–Trinajstić information content (AvgIpc) is 3.29. The van der Waals surface area contributed by atoms with Crippen molar-refractivity contribution in [3.63, 3.8) is 0 Å². The van der Waals surface area contributed by atoms with Gasteiger partial charge in [0.15, 0.2) is 4.34 Å². The Labute approximate surface area is 150 Å². The summed E-state index contributed by atoms with van der Waals surface area (Å²) in [6, 6.07) is 6.77. The van der Waals surface area contributed by atoms with Crippen LogP contribution >= 0.6 is 23.1 Å². The van der Waals surface area contributed by atoms with Gasteiger partial charge in [-0.1, -0.05) is 25.6 Å². The smallest absolute Gasteiger partial charge is 0.233 e. The minimum Gasteiger partial charge on any atom is -0.339 e. The third kappa shape index (κ3) is 4.57. The zero-order valence-corrected chi connectivity index (χ0v) is 15.5. The van der Waals surface area contributed by atoms with Crippen LogP contribution in [0.1, 0.15) is 26.7 Å². The van der Waals surface area contributed by atoms with Crippen LogP contribution in [-0.4, -0.2) is 34.1 Å². The van der Waals surface area contributed by atoms with Gasteiger partial charge >= 0.3 is 0 Å². The number of thiazole rings is 1. The molecule has 1 saturated carbocycles. The number of hydrogen-bond donors (Lipinski definition) is 0. The molecule has 0 radical (unpaired) electrons. The maximum absolute atomic E-state index is 13.0. The molecule has 0 spiro atoms. The van der Waals surface area contributed by atoms with Crippen molar-refractivity contribution < 1.29 is 9.18 Å². The van der Waals surface area contributed by atoms with E-state index < -0.39 is 0 Å². The fraction of sp³-hybridized carbons (Fsp3) is 0.444. The Morgan fingerprint density at radius 3 is 2.71 bits per heavy atom. The molecule has 0 N–H and O–H groups in total. The molecule has 0 saturated heterocycles. The number of amides is 1. The third-order valence-electron chi connectivity index (χ3n) is 3.81. The van der Waals surface area contributed by atoms with E-state index >= 15 is 0 Å². The lowest BCUT2D eigenvalue weighted by Crippen LogP contribution is -2.37. The van der Waals surface area contributed by atoms with E-state index in [2.05, 4.69) is 18.8 Å². The van der Waals surface area contributed by atoms with Crippen molar-refractivity contribution in [3.05, 3.63) is 35.5 Å². The summed E-state index contributed by atoms with van der Waals surface area (Å²) in [5, 5.41) is 1.95. The number of carbonyl (C=O) groups excluding carboxylic acids is 1. The van der Waals surface area contributed by atoms with Crippen LogP contribution in [0.2, 0.25) is 0 Å². The highest BCUT2D eigenvalue weighted by Gasteiger charge is 2.32. The number of aromatic nitrogens is 1. The van der Waals surface area contributed by atoms with E-state index in [1.54, 1.807) is 12.1 Å². The summed E-state index contributed by atoms with van der Waals surface area (Å²) in [7, 11) is 0. The number of hydrogen-bond acceptors (Lipinski definition) is 4. The summed E-state index contributed by atoms with van der Waals surface area (Å²) in [4.78, 5) is 19.1. The molecule has 1 amide bonds. The standard InChI is InChI=1S/C18H21FN2OS2/c1-12(2)9-21(15-7-8-15)17(22)11-24-18-20-16(10-23-18)13-3-5-14(19)6-4-13/h3-6,10,12,15H,7-9,11H2,1-2H3. The summed E-state index contributed by atoms with van der Waals surface area (Å²) < 4.78 is 13.9. The molecule has 3 nitrogen and oxygen atoms in total. The molecule has 24 heavy (non-hydrogen) atoms. The molecule has 6 heteroatoms. The largest absolute Gasteiger partial charge is 0.339 e. The summed E-state index contributed by atoms with van der Waals surface area (Å²) in [6.45, 7) is 5.12. The van der Waals surface area contributed by atoms with Gasteiger partial charge < -0.3 is 4.90 Å². The van der Waals surface area contributed by atoms with E-state index in [0.717, 1.165) is 35.0 Å². The first-order valence-corrected chi connectivity index (χ1v) is 10.0. The minimum absolute atomic E-state index is 0.203. The van der Waals surface area contributed by atoms with E-state index in [-0.39, 0.29) is 11.7 Å². The maximum atomic E-state index is 13.0. The van der Waals surface area contributed by atoms with Crippen molar-refractivity contribution >= 4 is 29.0 Å². The quantitative estimate of drug-likeness (QED) is 0.668. The lowest BCUT2D eigenvalue weighted by atomic mass is 10.2. The molecule has 1 fully saturated rings. The second-order valence-corrected chi connectivity index (χ2v) is 8.55. The van der Waals surface area contributed by atoms with Crippen LogP contribution in [0.3, 0.4) is 0 Å². The highest BCUT2D eigenvalue weighted by molar-refractivity contribution is 8.01. The van der Waals surface area contributed by atoms with Crippen molar-refractivity contribution in [1.29, 1.82) is 0 Å². The molecule has 1 aliphatic rings. The molecule has 0 bridgehead atoms. The number of halogens is 1. The zero-order valence-electron chi connectivity index (χ0n) is 13.9. The van der Waals surface area contributed by atoms with Gasteiger partial charge in [-0.25, -0.2) is 9.37 Å². The van der Waals surface area contributed by atoms with Crippen LogP contribution in [0, 0.1) is 11.7 Å². The second-order valence-electron chi connectivity index (χ2n) is 6.47. The van der Waals surface area contributed by atoms with Gasteiger partial charge in [0.25, 0.3) is 0 Å². The van der Waals surface area contributed by atoms with Gasteiger partial charge in [-0.3, -0.25) is 4.79 Å². The Balaban J connectivity index is 1.58. The molecule has 1 aliphatic carbocycles. The van der Waals surface area contributed by atoms with Gasteiger partial charge in [-0.05, 0) is 43.0 Å². The van der Waals surface area contributed by atoms with E-state index in [9.17, 15) is 9.18 Å². The van der Waals surface area contributed by atoms with Gasteiger partial charge in [0, 0.05) is 23.5 Å². The molecule has 128 valence electrons. The molecule has 0 atom stereocenters. The third-order valence-corrected chi connectivity index (χ3v) is 5.82. The molecular weight excluding hydrogens is 343 g/mol. The number of benzene rings is 1. The van der Waals surface area contributed by atoms with Crippen molar-refractivity contribution in [2.75, 3.05) is 12.3 Å². The van der Waals surface area contributed by atoms with E-state index in [4.69, 9.17) is 0 Å². The summed E-state index contributed by atoms with van der Waals surface area (Å²) in [5.41, 5.74) is 1.72. The lowest BCUT2D eigenvalue weighted by Gasteiger charge is -2.24. The topological polar surface area (TPSA) is 33.2 Å². The Kier molecular flexibility index (Phi) is 5.56. The van der Waals surface area contributed by atoms with Crippen LogP contribution < -0.4 is 0 Å². The van der Waals surface area contributed by atoms with Crippen LogP contribution in [-0.2, 0) is 4.79 Å². The number of nitrogens with zero attached hydrogens (tertiary/aromatic N) is 2. The number of carbonyl (C=O) groups is 1. The predicted octanol–water partition coefficient (Wildman–Crippen LogP) is 4.69. The highest BCUT2D eigenvalue weighted by Crippen LogP contribution is 2.31. The summed E-state index contributed by atoms with van der Waals surface area (Å²) in [6.07, 6.45) is 2.27. The lowest BCUT2D eigenvalue weighted by molar-refractivity contribution is -0.129. The molecule has 3 rings (SSSR count). The molecule has 0 aliphatic heterocycles. The van der Waals surface area contributed by atoms with Gasteiger partial charge in [0.1, 0.15) is 5.82 Å². The van der Waals surface area contributed by atoms with E-state index in [0.29, 0.717) is 17.7 Å². The zero-order chi connectivity index (χ0) is 17.1. The Morgan fingerprint density at radius 2 is 2.08 bits per heavy atom. The van der Waals surface area contributed by atoms with Crippen molar-refractivity contribution in [2.45, 2.75) is 37.1 Å². The van der Waals surface area contributed by atoms with E-state index in [1.807, 2.05) is 10.3 Å². The predicted molar refractivity (Wildman–Crippen MR) is 97.8 cm³/mol. The minimum atomic E-state index is -0.250. The molecule has 1 aromatic carbocycles. The summed E-state index contributed by atoms with van der Waals surface area (Å²) in [5.74, 6) is 0.873. The van der Waals surface area contributed by atoms with Crippen LogP contribution in [0.4, 0.5) is 4.39 Å². The molecule has 1 heterocycles. The van der Waals surface area contributed by atoms with Gasteiger partial charge in [0.05, 0.1) is 11.4 Å². The molecule has 0 unspecified atom stereocenters. The van der Waals surface area contributed by atoms with Crippen LogP contribution in [0.15, 0.2) is 34.0 Å². The number of thioether (sulfide) groups is 1. The Bertz CT molecular complexity index is 695. The number of rotatable bonds is 7. The van der Waals surface area contributed by atoms with Crippen LogP contribution in [0.25, 0.3) is 11.3 Å². The molecule has 2 aromatic rings. The first-order valence-electron chi connectivity index (χ1n) is 8.16. The molecule has 1 aromatic heterocycles. The summed E-state index contributed by atoms with van der Waals surface area (Å²) >= 11 is 3.02. The molecular formula is C18H21FN2OS2. The van der Waals surface area contributed by atoms with Gasteiger partial charge in [-0.15, -0.1) is 11.3 Å². The Morgan fingerprint density at radius 1 is 1.38 bits per heavy atom. The maximum Gasteiger partial charge on any atom is 0.233 e. The SMILES string of the molecule is CC(C)CN(C(=O)CSc1nc(-c2ccc(F)cc2)cs1)C1CC1. The fourth-order valence-electron chi connectivity index (χ4n) is 2.52. The monoisotopic (exact) mass is 364 g/mol. The fourth-order valence-corrected chi connectivity index (χ4v) is 4.24. The average molecular weight is 365 g/mol. The Hall–Kier alpha value is -1.40.